The summed E-state index contributed by atoms with van der Waals surface area (Å²) >= 11 is 1.66. The topological polar surface area (TPSA) is 48.1 Å². The molecule has 1 aromatic heterocycles. The third-order valence-corrected chi connectivity index (χ3v) is 3.34. The number of nitrogens with two attached hydrogens (primary N) is 1. The molecule has 0 radical (unpaired) electrons. The van der Waals surface area contributed by atoms with Crippen molar-refractivity contribution >= 4 is 11.3 Å². The fraction of sp³-hybridized carbons (Fsp3) is 0.308. The molecule has 0 saturated heterocycles. The number of nitrogens with zero attached hydrogens (tertiary/aromatic N) is 1. The molecule has 2 rings (SSSR count). The minimum Gasteiger partial charge on any atom is -0.488 e. The summed E-state index contributed by atoms with van der Waals surface area (Å²) in [4.78, 5) is 5.33. The van der Waals surface area contributed by atoms with Crippen molar-refractivity contribution in [3.05, 3.63) is 45.9 Å². The normalized spacial score (nSPS) is 12.4. The Labute approximate surface area is 105 Å². The first-order chi connectivity index (χ1) is 8.15. The zero-order valence-corrected chi connectivity index (χ0v) is 10.8. The molecule has 1 heterocycles. The Bertz CT molecular complexity index is 476. The van der Waals surface area contributed by atoms with Crippen molar-refractivity contribution in [3.63, 3.8) is 0 Å². The number of ether oxygens (including phenoxy) is 1. The fourth-order valence-corrected chi connectivity index (χ4v) is 2.20. The maximum absolute atomic E-state index is 5.78. The van der Waals surface area contributed by atoms with Gasteiger partial charge < -0.3 is 10.5 Å². The molecule has 2 aromatic rings. The molecule has 0 aliphatic heterocycles. The third kappa shape index (κ3) is 3.28. The molecule has 0 unspecified atom stereocenters. The van der Waals surface area contributed by atoms with E-state index in [0.717, 1.165) is 21.2 Å². The zero-order valence-electron chi connectivity index (χ0n) is 10.0. The monoisotopic (exact) mass is 248 g/mol. The average Bonchev–Trinajstić information content (AvgIpc) is 2.73. The van der Waals surface area contributed by atoms with Gasteiger partial charge in [-0.3, -0.25) is 0 Å². The van der Waals surface area contributed by atoms with Crippen LogP contribution in [0.4, 0.5) is 0 Å². The van der Waals surface area contributed by atoms with E-state index in [-0.39, 0.29) is 6.04 Å². The van der Waals surface area contributed by atoms with Gasteiger partial charge in [-0.25, -0.2) is 4.98 Å². The predicted octanol–water partition coefficient (Wildman–Crippen LogP) is 3.05. The average molecular weight is 248 g/mol. The Morgan fingerprint density at radius 2 is 2.06 bits per heavy atom. The highest BCUT2D eigenvalue weighted by atomic mass is 32.1. The lowest BCUT2D eigenvalue weighted by Gasteiger charge is -2.07. The second-order valence-corrected chi connectivity index (χ2v) is 5.31. The summed E-state index contributed by atoms with van der Waals surface area (Å²) in [6.45, 7) is 4.53. The van der Waals surface area contributed by atoms with Gasteiger partial charge >= 0.3 is 0 Å². The van der Waals surface area contributed by atoms with E-state index in [1.807, 2.05) is 44.3 Å². The highest BCUT2D eigenvalue weighted by molar-refractivity contribution is 7.11. The Kier molecular flexibility index (Phi) is 3.76. The number of hydrogen-bond acceptors (Lipinski definition) is 4. The van der Waals surface area contributed by atoms with Crippen LogP contribution in [0.5, 0.6) is 5.75 Å². The van der Waals surface area contributed by atoms with Crippen LogP contribution in [0.25, 0.3) is 0 Å². The van der Waals surface area contributed by atoms with E-state index in [4.69, 9.17) is 10.5 Å². The summed E-state index contributed by atoms with van der Waals surface area (Å²) in [5.41, 5.74) is 6.90. The van der Waals surface area contributed by atoms with E-state index in [2.05, 4.69) is 4.98 Å². The number of aryl methyl sites for hydroxylation is 1. The van der Waals surface area contributed by atoms with Gasteiger partial charge in [0, 0.05) is 12.2 Å². The smallest absolute Gasteiger partial charge is 0.124 e. The van der Waals surface area contributed by atoms with Gasteiger partial charge in [0.05, 0.1) is 9.88 Å². The van der Waals surface area contributed by atoms with Crippen molar-refractivity contribution in [2.45, 2.75) is 26.5 Å². The van der Waals surface area contributed by atoms with Gasteiger partial charge in [0.15, 0.2) is 0 Å². The molecular weight excluding hydrogens is 232 g/mol. The lowest BCUT2D eigenvalue weighted by Crippen LogP contribution is -2.04. The first-order valence-corrected chi connectivity index (χ1v) is 6.36. The summed E-state index contributed by atoms with van der Waals surface area (Å²) in [6, 6.07) is 7.96. The summed E-state index contributed by atoms with van der Waals surface area (Å²) in [6.07, 6.45) is 1.86. The third-order valence-electron chi connectivity index (χ3n) is 2.46. The van der Waals surface area contributed by atoms with Gasteiger partial charge in [-0.05, 0) is 31.5 Å². The van der Waals surface area contributed by atoms with Crippen molar-refractivity contribution in [1.29, 1.82) is 0 Å². The first kappa shape index (κ1) is 12.1. The minimum atomic E-state index is 0.0631. The van der Waals surface area contributed by atoms with E-state index in [9.17, 15) is 0 Å². The quantitative estimate of drug-likeness (QED) is 0.904. The summed E-state index contributed by atoms with van der Waals surface area (Å²) < 4.78 is 5.67. The second-order valence-electron chi connectivity index (χ2n) is 3.99. The predicted molar refractivity (Wildman–Crippen MR) is 70.2 cm³/mol. The molecule has 0 aliphatic carbocycles. The van der Waals surface area contributed by atoms with Crippen LogP contribution in [0.15, 0.2) is 30.5 Å². The zero-order chi connectivity index (χ0) is 12.3. The molecule has 1 aromatic carbocycles. The number of hydrogen-bond donors (Lipinski definition) is 1. The van der Waals surface area contributed by atoms with Crippen LogP contribution in [0.2, 0.25) is 0 Å². The summed E-state index contributed by atoms with van der Waals surface area (Å²) in [5, 5.41) is 1.07. The summed E-state index contributed by atoms with van der Waals surface area (Å²) in [7, 11) is 0. The molecule has 17 heavy (non-hydrogen) atoms. The molecular formula is C13H16N2OS. The van der Waals surface area contributed by atoms with Gasteiger partial charge in [-0.1, -0.05) is 12.1 Å². The molecule has 0 amide bonds. The van der Waals surface area contributed by atoms with Gasteiger partial charge in [0.25, 0.3) is 0 Å². The van der Waals surface area contributed by atoms with Gasteiger partial charge in [0.1, 0.15) is 12.4 Å². The Balaban J connectivity index is 1.95. The van der Waals surface area contributed by atoms with Crippen LogP contribution in [-0.4, -0.2) is 4.98 Å². The van der Waals surface area contributed by atoms with E-state index >= 15 is 0 Å². The SMILES string of the molecule is Cc1ncc(COc2ccc([C@@H](C)N)cc2)s1. The Morgan fingerprint density at radius 1 is 1.35 bits per heavy atom. The van der Waals surface area contributed by atoms with E-state index in [0.29, 0.717) is 6.61 Å². The first-order valence-electron chi connectivity index (χ1n) is 5.55. The number of rotatable bonds is 4. The largest absolute Gasteiger partial charge is 0.488 e. The van der Waals surface area contributed by atoms with Crippen molar-refractivity contribution in [2.75, 3.05) is 0 Å². The number of thiazole rings is 1. The van der Waals surface area contributed by atoms with Crippen LogP contribution in [0.1, 0.15) is 28.4 Å². The molecule has 0 aliphatic rings. The van der Waals surface area contributed by atoms with Gasteiger partial charge in [0.2, 0.25) is 0 Å². The van der Waals surface area contributed by atoms with Crippen LogP contribution in [0.3, 0.4) is 0 Å². The molecule has 4 heteroatoms. The maximum atomic E-state index is 5.78. The molecule has 0 saturated carbocycles. The lowest BCUT2D eigenvalue weighted by atomic mass is 10.1. The molecule has 2 N–H and O–H groups in total. The molecule has 0 spiro atoms. The van der Waals surface area contributed by atoms with Crippen LogP contribution < -0.4 is 10.5 Å². The van der Waals surface area contributed by atoms with E-state index in [1.54, 1.807) is 11.3 Å². The number of aromatic nitrogens is 1. The molecule has 0 bridgehead atoms. The molecule has 1 atom stereocenters. The van der Waals surface area contributed by atoms with Gasteiger partial charge in [-0.15, -0.1) is 11.3 Å². The van der Waals surface area contributed by atoms with Gasteiger partial charge in [-0.2, -0.15) is 0 Å². The maximum Gasteiger partial charge on any atom is 0.124 e. The highest BCUT2D eigenvalue weighted by Crippen LogP contribution is 2.19. The van der Waals surface area contributed by atoms with Crippen molar-refractivity contribution in [3.8, 4) is 5.75 Å². The standard InChI is InChI=1S/C13H16N2OS/c1-9(14)11-3-5-12(6-4-11)16-8-13-7-15-10(2)17-13/h3-7,9H,8,14H2,1-2H3/t9-/m1/s1. The molecule has 0 fully saturated rings. The van der Waals surface area contributed by atoms with Crippen molar-refractivity contribution < 1.29 is 4.74 Å². The summed E-state index contributed by atoms with van der Waals surface area (Å²) in [5.74, 6) is 0.862. The Morgan fingerprint density at radius 3 is 2.59 bits per heavy atom. The van der Waals surface area contributed by atoms with Crippen LogP contribution in [-0.2, 0) is 6.61 Å². The lowest BCUT2D eigenvalue weighted by molar-refractivity contribution is 0.309. The Hall–Kier alpha value is -1.39. The van der Waals surface area contributed by atoms with E-state index < -0.39 is 0 Å². The molecule has 90 valence electrons. The second kappa shape index (κ2) is 5.29. The van der Waals surface area contributed by atoms with Crippen molar-refractivity contribution in [2.24, 2.45) is 5.73 Å². The van der Waals surface area contributed by atoms with Crippen LogP contribution >= 0.6 is 11.3 Å². The highest BCUT2D eigenvalue weighted by Gasteiger charge is 2.01. The van der Waals surface area contributed by atoms with E-state index in [1.165, 1.54) is 0 Å². The molecule has 3 nitrogen and oxygen atoms in total. The van der Waals surface area contributed by atoms with Crippen LogP contribution in [0, 0.1) is 6.92 Å². The minimum absolute atomic E-state index is 0.0631. The fourth-order valence-electron chi connectivity index (χ4n) is 1.49. The van der Waals surface area contributed by atoms with Crippen molar-refractivity contribution in [1.82, 2.24) is 4.98 Å². The number of benzene rings is 1.